The Kier molecular flexibility index (Phi) is 7.04. The molecule has 3 heterocycles. The van der Waals surface area contributed by atoms with Crippen molar-refractivity contribution in [2.45, 2.75) is 24.0 Å². The summed E-state index contributed by atoms with van der Waals surface area (Å²) in [4.78, 5) is 3.81. The maximum Gasteiger partial charge on any atom is 0.189 e. The topological polar surface area (TPSA) is 134 Å². The second kappa shape index (κ2) is 10.0. The molecule has 4 rings (SSSR count). The second-order valence-electron chi connectivity index (χ2n) is 8.02. The first-order valence-electron chi connectivity index (χ1n) is 10.8. The summed E-state index contributed by atoms with van der Waals surface area (Å²) in [5.41, 5.74) is 0.881. The number of pyridine rings is 1. The predicted molar refractivity (Wildman–Crippen MR) is 128 cm³/mol. The molecule has 36 heavy (non-hydrogen) atoms. The van der Waals surface area contributed by atoms with Crippen molar-refractivity contribution in [2.24, 2.45) is 7.05 Å². The molecule has 0 bridgehead atoms. The molecule has 0 spiro atoms. The molecule has 190 valence electrons. The van der Waals surface area contributed by atoms with Gasteiger partial charge in [0.25, 0.3) is 0 Å². The largest absolute Gasteiger partial charge is 0.494 e. The lowest BCUT2D eigenvalue weighted by Gasteiger charge is -2.20. The van der Waals surface area contributed by atoms with Crippen LogP contribution < -0.4 is 9.47 Å². The zero-order chi connectivity index (χ0) is 26.0. The van der Waals surface area contributed by atoms with Gasteiger partial charge in [-0.1, -0.05) is 6.07 Å². The number of benzene rings is 1. The van der Waals surface area contributed by atoms with Gasteiger partial charge >= 0.3 is 0 Å². The zero-order valence-corrected chi connectivity index (χ0v) is 20.8. The number of hydrogen-bond acceptors (Lipinski definition) is 9. The molecule has 0 saturated heterocycles. The van der Waals surface area contributed by atoms with Crippen molar-refractivity contribution in [1.82, 2.24) is 29.5 Å². The van der Waals surface area contributed by atoms with Crippen LogP contribution in [-0.4, -0.2) is 62.5 Å². The van der Waals surface area contributed by atoms with Crippen molar-refractivity contribution >= 4 is 9.84 Å². The summed E-state index contributed by atoms with van der Waals surface area (Å²) in [6.07, 6.45) is 1.16. The third kappa shape index (κ3) is 4.79. The Bertz CT molecular complexity index is 1450. The lowest BCUT2D eigenvalue weighted by atomic mass is 10.2. The van der Waals surface area contributed by atoms with Gasteiger partial charge in [0, 0.05) is 13.2 Å². The van der Waals surface area contributed by atoms with E-state index in [1.807, 2.05) is 0 Å². The molecule has 1 aromatic carbocycles. The molecule has 3 aromatic heterocycles. The van der Waals surface area contributed by atoms with Gasteiger partial charge in [0.15, 0.2) is 21.5 Å². The molecule has 4 aromatic rings. The van der Waals surface area contributed by atoms with Gasteiger partial charge in [0.2, 0.25) is 0 Å². The van der Waals surface area contributed by atoms with Gasteiger partial charge in [0.05, 0.1) is 31.4 Å². The summed E-state index contributed by atoms with van der Waals surface area (Å²) in [5.74, 6) is -0.0425. The Balaban J connectivity index is 1.81. The number of hydrogen-bond donors (Lipinski definition) is 1. The van der Waals surface area contributed by atoms with Crippen molar-refractivity contribution in [3.8, 4) is 28.7 Å². The van der Waals surface area contributed by atoms with Gasteiger partial charge in [-0.2, -0.15) is 5.10 Å². The van der Waals surface area contributed by atoms with E-state index in [1.165, 1.54) is 31.8 Å². The van der Waals surface area contributed by atoms with Crippen LogP contribution in [0.2, 0.25) is 0 Å². The molecule has 0 unspecified atom stereocenters. The normalized spacial score (nSPS) is 13.4. The van der Waals surface area contributed by atoms with Gasteiger partial charge in [-0.15, -0.1) is 10.2 Å². The fourth-order valence-electron chi connectivity index (χ4n) is 3.71. The van der Waals surface area contributed by atoms with Gasteiger partial charge in [-0.3, -0.25) is 14.2 Å². The minimum absolute atomic E-state index is 0.0366. The average Bonchev–Trinajstić information content (AvgIpc) is 3.48. The number of nitrogens with zero attached hydrogens (tertiary/aromatic N) is 6. The van der Waals surface area contributed by atoms with Crippen molar-refractivity contribution in [1.29, 1.82) is 0 Å². The zero-order valence-electron chi connectivity index (χ0n) is 20.0. The van der Waals surface area contributed by atoms with Crippen LogP contribution in [0, 0.1) is 5.82 Å². The molecule has 0 aliphatic carbocycles. The summed E-state index contributed by atoms with van der Waals surface area (Å²) >= 11 is 0. The van der Waals surface area contributed by atoms with E-state index in [-0.39, 0.29) is 17.3 Å². The fraction of sp³-hybridized carbons (Fsp3) is 0.304. The number of ether oxygens (including phenoxy) is 2. The van der Waals surface area contributed by atoms with Crippen molar-refractivity contribution in [3.63, 3.8) is 0 Å². The molecule has 11 nitrogen and oxygen atoms in total. The lowest BCUT2D eigenvalue weighted by molar-refractivity contribution is 0.171. The van der Waals surface area contributed by atoms with Crippen LogP contribution >= 0.6 is 0 Å². The number of aryl methyl sites for hydroxylation is 1. The number of aromatic nitrogens is 6. The molecule has 13 heteroatoms. The number of para-hydroxylation sites is 1. The van der Waals surface area contributed by atoms with Crippen LogP contribution in [0.1, 0.15) is 24.5 Å². The molecule has 0 aliphatic rings. The van der Waals surface area contributed by atoms with Gasteiger partial charge in [0.1, 0.15) is 40.6 Å². The molecule has 1 N–H and O–H groups in total. The van der Waals surface area contributed by atoms with Crippen LogP contribution in [0.5, 0.6) is 11.5 Å². The van der Waals surface area contributed by atoms with Crippen LogP contribution in [0.15, 0.2) is 48.8 Å². The highest BCUT2D eigenvalue weighted by molar-refractivity contribution is 7.91. The maximum absolute atomic E-state index is 13.4. The van der Waals surface area contributed by atoms with E-state index >= 15 is 0 Å². The summed E-state index contributed by atoms with van der Waals surface area (Å²) in [5, 5.41) is 22.2. The van der Waals surface area contributed by atoms with E-state index in [1.54, 1.807) is 42.2 Å². The van der Waals surface area contributed by atoms with Crippen molar-refractivity contribution < 1.29 is 27.4 Å². The summed E-state index contributed by atoms with van der Waals surface area (Å²) < 4.78 is 54.2. The molecule has 0 fully saturated rings. The van der Waals surface area contributed by atoms with Crippen LogP contribution in [-0.2, 0) is 22.6 Å². The highest BCUT2D eigenvalue weighted by Crippen LogP contribution is 2.36. The van der Waals surface area contributed by atoms with Gasteiger partial charge < -0.3 is 14.6 Å². The number of halogens is 1. The third-order valence-electron chi connectivity index (χ3n) is 5.69. The number of aliphatic hydroxyl groups excluding tert-OH is 1. The van der Waals surface area contributed by atoms with E-state index in [0.717, 1.165) is 12.3 Å². The minimum Gasteiger partial charge on any atom is -0.494 e. The Morgan fingerprint density at radius 1 is 1.08 bits per heavy atom. The SMILES string of the molecule is COc1cccc(OC)c1-n1c(CS(=O)(=O)[C@H](C)[C@H](O)c2ccc(F)cn2)nnc1-c1ccn(C)n1. The van der Waals surface area contributed by atoms with Crippen LogP contribution in [0.25, 0.3) is 17.2 Å². The molecule has 0 radical (unpaired) electrons. The molecular weight excluding hydrogens is 491 g/mol. The Morgan fingerprint density at radius 3 is 2.33 bits per heavy atom. The molecule has 2 atom stereocenters. The summed E-state index contributed by atoms with van der Waals surface area (Å²) in [7, 11) is 0.683. The fourth-order valence-corrected chi connectivity index (χ4v) is 5.05. The maximum atomic E-state index is 13.4. The number of aliphatic hydroxyl groups is 1. The van der Waals surface area contributed by atoms with E-state index < -0.39 is 32.8 Å². The van der Waals surface area contributed by atoms with E-state index in [9.17, 15) is 17.9 Å². The first-order chi connectivity index (χ1) is 17.2. The second-order valence-corrected chi connectivity index (χ2v) is 10.4. The third-order valence-corrected chi connectivity index (χ3v) is 7.74. The standard InChI is InChI=1S/C23H25FN6O5S/c1-14(22(31)16-9-8-15(24)12-25-16)36(32,33)13-20-26-27-23(17-10-11-29(2)28-17)30(20)21-18(34-3)6-5-7-19(21)35-4/h5-12,14,22,31H,13H2,1-4H3/t14-,22+/m1/s1. The Morgan fingerprint density at radius 2 is 1.78 bits per heavy atom. The smallest absolute Gasteiger partial charge is 0.189 e. The first kappa shape index (κ1) is 25.3. The van der Waals surface area contributed by atoms with Crippen LogP contribution in [0.3, 0.4) is 0 Å². The first-order valence-corrected chi connectivity index (χ1v) is 12.5. The quantitative estimate of drug-likeness (QED) is 0.355. The average molecular weight is 517 g/mol. The lowest BCUT2D eigenvalue weighted by Crippen LogP contribution is -2.28. The number of rotatable bonds is 9. The Hall–Kier alpha value is -3.84. The van der Waals surface area contributed by atoms with Crippen molar-refractivity contribution in [3.05, 3.63) is 66.1 Å². The Labute approximate surface area is 207 Å². The summed E-state index contributed by atoms with van der Waals surface area (Å²) in [6.45, 7) is 1.36. The highest BCUT2D eigenvalue weighted by atomic mass is 32.2. The van der Waals surface area contributed by atoms with Gasteiger partial charge in [-0.25, -0.2) is 12.8 Å². The monoisotopic (exact) mass is 516 g/mol. The highest BCUT2D eigenvalue weighted by Gasteiger charge is 2.33. The van der Waals surface area contributed by atoms with Gasteiger partial charge in [-0.05, 0) is 37.3 Å². The molecular formula is C23H25FN6O5S. The number of methoxy groups -OCH3 is 2. The molecule has 0 amide bonds. The minimum atomic E-state index is -4.02. The van der Waals surface area contributed by atoms with E-state index in [2.05, 4.69) is 20.3 Å². The number of sulfone groups is 1. The van der Waals surface area contributed by atoms with E-state index in [0.29, 0.717) is 22.9 Å². The van der Waals surface area contributed by atoms with Crippen LogP contribution in [0.4, 0.5) is 4.39 Å². The molecule has 0 aliphatic heterocycles. The van der Waals surface area contributed by atoms with E-state index in [4.69, 9.17) is 9.47 Å². The predicted octanol–water partition coefficient (Wildman–Crippen LogP) is 2.26. The summed E-state index contributed by atoms with van der Waals surface area (Å²) in [6, 6.07) is 9.20. The molecule has 0 saturated carbocycles. The van der Waals surface area contributed by atoms with Crippen molar-refractivity contribution in [2.75, 3.05) is 14.2 Å².